The molecule has 1 unspecified atom stereocenters. The molecule has 0 aromatic rings. The average molecular weight is 292 g/mol. The zero-order chi connectivity index (χ0) is 14.8. The van der Waals surface area contributed by atoms with E-state index in [1.54, 1.807) is 20.8 Å². The van der Waals surface area contributed by atoms with E-state index >= 15 is 0 Å². The highest BCUT2D eigenvalue weighted by molar-refractivity contribution is 7.87. The van der Waals surface area contributed by atoms with Crippen molar-refractivity contribution >= 4 is 16.2 Å². The Bertz CT molecular complexity index is 428. The number of aliphatic carboxylic acids is 1. The molecular formula is C12H24N2O4S. The first-order chi connectivity index (χ1) is 8.54. The van der Waals surface area contributed by atoms with Gasteiger partial charge < -0.3 is 5.11 Å². The molecule has 1 fully saturated rings. The molecule has 7 heteroatoms. The molecule has 19 heavy (non-hydrogen) atoms. The number of nitrogens with zero attached hydrogens (tertiary/aromatic N) is 1. The minimum Gasteiger partial charge on any atom is -0.480 e. The van der Waals surface area contributed by atoms with Crippen LogP contribution in [0.4, 0.5) is 0 Å². The van der Waals surface area contributed by atoms with E-state index in [-0.39, 0.29) is 0 Å². The van der Waals surface area contributed by atoms with Gasteiger partial charge in [0.2, 0.25) is 0 Å². The first kappa shape index (κ1) is 16.4. The van der Waals surface area contributed by atoms with Crippen molar-refractivity contribution in [3.05, 3.63) is 0 Å². The predicted octanol–water partition coefficient (Wildman–Crippen LogP) is 1.05. The molecule has 1 saturated heterocycles. The summed E-state index contributed by atoms with van der Waals surface area (Å²) in [6.45, 7) is 8.01. The number of carbonyl (C=O) groups is 1. The molecule has 0 saturated carbocycles. The Hall–Kier alpha value is -0.660. The second-order valence-corrected chi connectivity index (χ2v) is 8.07. The fourth-order valence-corrected chi connectivity index (χ4v) is 3.91. The van der Waals surface area contributed by atoms with Gasteiger partial charge in [-0.3, -0.25) is 4.79 Å². The number of carboxylic acid groups (broad SMARTS) is 1. The highest BCUT2D eigenvalue weighted by Crippen LogP contribution is 2.23. The van der Waals surface area contributed by atoms with E-state index in [1.807, 2.05) is 6.92 Å². The highest BCUT2D eigenvalue weighted by atomic mass is 32.2. The predicted molar refractivity (Wildman–Crippen MR) is 72.9 cm³/mol. The Morgan fingerprint density at radius 1 is 1.42 bits per heavy atom. The van der Waals surface area contributed by atoms with Gasteiger partial charge in [0.15, 0.2) is 0 Å². The van der Waals surface area contributed by atoms with Crippen molar-refractivity contribution in [2.45, 2.75) is 46.6 Å². The molecule has 0 aromatic carbocycles. The van der Waals surface area contributed by atoms with Crippen LogP contribution in [0.25, 0.3) is 0 Å². The van der Waals surface area contributed by atoms with Gasteiger partial charge in [-0.25, -0.2) is 0 Å². The van der Waals surface area contributed by atoms with Crippen LogP contribution in [0.15, 0.2) is 0 Å². The Morgan fingerprint density at radius 2 is 2.00 bits per heavy atom. The third-order valence-electron chi connectivity index (χ3n) is 3.34. The second-order valence-electron chi connectivity index (χ2n) is 6.37. The zero-order valence-corrected chi connectivity index (χ0v) is 12.8. The van der Waals surface area contributed by atoms with E-state index in [0.29, 0.717) is 19.0 Å². The summed E-state index contributed by atoms with van der Waals surface area (Å²) in [5.74, 6) is -0.843. The molecule has 0 amide bonds. The summed E-state index contributed by atoms with van der Waals surface area (Å²) in [5.41, 5.74) is -0.680. The Morgan fingerprint density at radius 3 is 2.42 bits per heavy atom. The van der Waals surface area contributed by atoms with E-state index in [9.17, 15) is 18.3 Å². The zero-order valence-electron chi connectivity index (χ0n) is 12.0. The minimum absolute atomic E-state index is 0.309. The molecule has 1 aliphatic heterocycles. The Labute approximate surface area is 115 Å². The van der Waals surface area contributed by atoms with E-state index in [2.05, 4.69) is 4.72 Å². The molecule has 2 N–H and O–H groups in total. The van der Waals surface area contributed by atoms with Crippen LogP contribution >= 0.6 is 0 Å². The minimum atomic E-state index is -3.74. The van der Waals surface area contributed by atoms with E-state index in [4.69, 9.17) is 0 Å². The quantitative estimate of drug-likeness (QED) is 0.811. The van der Waals surface area contributed by atoms with Crippen molar-refractivity contribution in [1.29, 1.82) is 0 Å². The monoisotopic (exact) mass is 292 g/mol. The summed E-state index contributed by atoms with van der Waals surface area (Å²) in [7, 11) is -3.74. The normalized spacial score (nSPS) is 24.1. The summed E-state index contributed by atoms with van der Waals surface area (Å²) in [4.78, 5) is 11.2. The molecule has 0 aromatic heterocycles. The maximum absolute atomic E-state index is 12.2. The lowest BCUT2D eigenvalue weighted by Crippen LogP contribution is -2.54. The summed E-state index contributed by atoms with van der Waals surface area (Å²) >= 11 is 0. The fraction of sp³-hybridized carbons (Fsp3) is 0.917. The number of piperidine rings is 1. The summed E-state index contributed by atoms with van der Waals surface area (Å²) in [6, 6.07) is -1.13. The molecule has 0 radical (unpaired) electrons. The Kier molecular flexibility index (Phi) is 4.97. The van der Waals surface area contributed by atoms with Crippen LogP contribution in [-0.2, 0) is 15.0 Å². The van der Waals surface area contributed by atoms with Gasteiger partial charge >= 0.3 is 5.97 Å². The summed E-state index contributed by atoms with van der Waals surface area (Å²) in [5, 5.41) is 9.18. The van der Waals surface area contributed by atoms with Crippen molar-refractivity contribution in [3.8, 4) is 0 Å². The molecule has 1 heterocycles. The van der Waals surface area contributed by atoms with Crippen molar-refractivity contribution in [2.75, 3.05) is 13.1 Å². The molecule has 1 rings (SSSR count). The van der Waals surface area contributed by atoms with Crippen molar-refractivity contribution < 1.29 is 18.3 Å². The molecule has 2 atom stereocenters. The number of carboxylic acids is 1. The van der Waals surface area contributed by atoms with Gasteiger partial charge in [-0.05, 0) is 24.2 Å². The molecule has 0 bridgehead atoms. The fourth-order valence-electron chi connectivity index (χ4n) is 2.19. The standard InChI is InChI=1S/C12H24N2O4S/c1-9-6-5-7-14(8-9)19(17,18)13-10(11(15)16)12(2,3)4/h9-10,13H,5-8H2,1-4H3,(H,15,16)/t9?,10-/m1/s1. The SMILES string of the molecule is CC1CCCN(S(=O)(=O)N[C@H](C(=O)O)C(C)(C)C)C1. The first-order valence-corrected chi connectivity index (χ1v) is 7.98. The second kappa shape index (κ2) is 5.76. The van der Waals surface area contributed by atoms with Gasteiger partial charge in [-0.2, -0.15) is 17.4 Å². The van der Waals surface area contributed by atoms with Crippen LogP contribution in [0.3, 0.4) is 0 Å². The molecule has 6 nitrogen and oxygen atoms in total. The number of hydrogen-bond acceptors (Lipinski definition) is 3. The van der Waals surface area contributed by atoms with Gasteiger partial charge in [0, 0.05) is 13.1 Å². The van der Waals surface area contributed by atoms with Crippen LogP contribution in [0.5, 0.6) is 0 Å². The summed E-state index contributed by atoms with van der Waals surface area (Å²) in [6.07, 6.45) is 1.82. The highest BCUT2D eigenvalue weighted by Gasteiger charge is 2.37. The lowest BCUT2D eigenvalue weighted by molar-refractivity contribution is -0.141. The Balaban J connectivity index is 2.85. The number of nitrogens with one attached hydrogen (secondary N) is 1. The summed E-state index contributed by atoms with van der Waals surface area (Å²) < 4.78 is 28.2. The van der Waals surface area contributed by atoms with Crippen LogP contribution < -0.4 is 4.72 Å². The molecular weight excluding hydrogens is 268 g/mol. The van der Waals surface area contributed by atoms with Crippen LogP contribution in [0, 0.1) is 11.3 Å². The van der Waals surface area contributed by atoms with Gasteiger partial charge in [0.1, 0.15) is 6.04 Å². The molecule has 1 aliphatic rings. The maximum atomic E-state index is 12.2. The number of rotatable bonds is 4. The van der Waals surface area contributed by atoms with E-state index in [0.717, 1.165) is 12.8 Å². The smallest absolute Gasteiger partial charge is 0.322 e. The van der Waals surface area contributed by atoms with Crippen molar-refractivity contribution in [1.82, 2.24) is 9.03 Å². The van der Waals surface area contributed by atoms with Crippen LogP contribution in [0.2, 0.25) is 0 Å². The van der Waals surface area contributed by atoms with E-state index in [1.165, 1.54) is 4.31 Å². The van der Waals surface area contributed by atoms with Gasteiger partial charge in [-0.15, -0.1) is 0 Å². The maximum Gasteiger partial charge on any atom is 0.322 e. The van der Waals surface area contributed by atoms with Crippen LogP contribution in [-0.4, -0.2) is 42.9 Å². The molecule has 112 valence electrons. The van der Waals surface area contributed by atoms with Crippen LogP contribution in [0.1, 0.15) is 40.5 Å². The van der Waals surface area contributed by atoms with Crippen molar-refractivity contribution in [3.63, 3.8) is 0 Å². The molecule has 0 aliphatic carbocycles. The van der Waals surface area contributed by atoms with Gasteiger partial charge in [-0.1, -0.05) is 27.7 Å². The third-order valence-corrected chi connectivity index (χ3v) is 4.88. The first-order valence-electron chi connectivity index (χ1n) is 6.54. The lowest BCUT2D eigenvalue weighted by atomic mass is 9.88. The third kappa shape index (κ3) is 4.43. The average Bonchev–Trinajstić information content (AvgIpc) is 2.24. The topological polar surface area (TPSA) is 86.7 Å². The van der Waals surface area contributed by atoms with Gasteiger partial charge in [0.05, 0.1) is 0 Å². The van der Waals surface area contributed by atoms with Gasteiger partial charge in [0.25, 0.3) is 10.2 Å². The number of hydrogen-bond donors (Lipinski definition) is 2. The lowest BCUT2D eigenvalue weighted by Gasteiger charge is -2.33. The largest absolute Gasteiger partial charge is 0.480 e. The molecule has 0 spiro atoms. The van der Waals surface area contributed by atoms with Crippen molar-refractivity contribution in [2.24, 2.45) is 11.3 Å². The van der Waals surface area contributed by atoms with E-state index < -0.39 is 27.6 Å².